The smallest absolute Gasteiger partial charge is 0.264 e. The Bertz CT molecular complexity index is 624. The van der Waals surface area contributed by atoms with Gasteiger partial charge in [-0.15, -0.1) is 11.3 Å². The molecule has 20 heavy (non-hydrogen) atoms. The Kier molecular flexibility index (Phi) is 3.38. The first kappa shape index (κ1) is 13.4. The van der Waals surface area contributed by atoms with E-state index in [2.05, 4.69) is 10.2 Å². The van der Waals surface area contributed by atoms with Gasteiger partial charge in [-0.2, -0.15) is 5.10 Å². The molecular formula is C15H19N3OS. The Morgan fingerprint density at radius 2 is 2.25 bits per heavy atom. The highest BCUT2D eigenvalue weighted by molar-refractivity contribution is 7.12. The fraction of sp³-hybridized carbons (Fsp3) is 0.467. The minimum atomic E-state index is 0.167. The number of carbonyl (C=O) groups is 1. The van der Waals surface area contributed by atoms with Crippen LogP contribution in [0.5, 0.6) is 0 Å². The fourth-order valence-corrected chi connectivity index (χ4v) is 3.96. The predicted octanol–water partition coefficient (Wildman–Crippen LogP) is 3.37. The number of aromatic nitrogens is 2. The van der Waals surface area contributed by atoms with Crippen molar-refractivity contribution in [3.8, 4) is 0 Å². The van der Waals surface area contributed by atoms with Gasteiger partial charge in [-0.25, -0.2) is 0 Å². The molecule has 1 saturated heterocycles. The van der Waals surface area contributed by atoms with Crippen LogP contribution in [-0.2, 0) is 0 Å². The standard InChI is InChI=1S/C15H19N3OS/c1-9-6-8-20-14(9)15(19)18-7-4-5-12(18)13-10(2)16-17-11(13)3/h6,8,12H,4-5,7H2,1-3H3,(H,16,17). The Morgan fingerprint density at radius 3 is 2.85 bits per heavy atom. The summed E-state index contributed by atoms with van der Waals surface area (Å²) in [5.74, 6) is 0.167. The van der Waals surface area contributed by atoms with Gasteiger partial charge in [0.1, 0.15) is 0 Å². The van der Waals surface area contributed by atoms with Gasteiger partial charge in [0, 0.05) is 17.8 Å². The van der Waals surface area contributed by atoms with Crippen LogP contribution in [0, 0.1) is 20.8 Å². The quantitative estimate of drug-likeness (QED) is 0.921. The van der Waals surface area contributed by atoms with Crippen molar-refractivity contribution < 1.29 is 4.79 Å². The van der Waals surface area contributed by atoms with Crippen LogP contribution in [0.3, 0.4) is 0 Å². The average Bonchev–Trinajstić information content (AvgIpc) is 3.10. The Morgan fingerprint density at radius 1 is 1.45 bits per heavy atom. The molecule has 1 amide bonds. The summed E-state index contributed by atoms with van der Waals surface area (Å²) < 4.78 is 0. The largest absolute Gasteiger partial charge is 0.331 e. The third-order valence-corrected chi connectivity index (χ3v) is 5.09. The molecule has 0 aromatic carbocycles. The van der Waals surface area contributed by atoms with E-state index >= 15 is 0 Å². The third-order valence-electron chi connectivity index (χ3n) is 4.09. The molecule has 1 unspecified atom stereocenters. The lowest BCUT2D eigenvalue weighted by Gasteiger charge is -2.25. The van der Waals surface area contributed by atoms with Gasteiger partial charge in [-0.3, -0.25) is 9.89 Å². The summed E-state index contributed by atoms with van der Waals surface area (Å²) in [6, 6.07) is 2.18. The van der Waals surface area contributed by atoms with Crippen LogP contribution >= 0.6 is 11.3 Å². The zero-order chi connectivity index (χ0) is 14.3. The molecule has 2 aromatic heterocycles. The molecule has 1 fully saturated rings. The maximum absolute atomic E-state index is 12.8. The van der Waals surface area contributed by atoms with E-state index in [0.29, 0.717) is 0 Å². The lowest BCUT2D eigenvalue weighted by Crippen LogP contribution is -2.30. The summed E-state index contributed by atoms with van der Waals surface area (Å²) in [6.07, 6.45) is 2.09. The van der Waals surface area contributed by atoms with E-state index in [1.165, 1.54) is 16.9 Å². The van der Waals surface area contributed by atoms with Crippen molar-refractivity contribution in [3.63, 3.8) is 0 Å². The first-order chi connectivity index (χ1) is 9.59. The van der Waals surface area contributed by atoms with Crippen LogP contribution in [0.25, 0.3) is 0 Å². The Labute approximate surface area is 122 Å². The van der Waals surface area contributed by atoms with E-state index < -0.39 is 0 Å². The van der Waals surface area contributed by atoms with Gasteiger partial charge in [0.15, 0.2) is 0 Å². The first-order valence-corrected chi connectivity index (χ1v) is 7.84. The van der Waals surface area contributed by atoms with Gasteiger partial charge in [0.25, 0.3) is 5.91 Å². The molecule has 0 spiro atoms. The van der Waals surface area contributed by atoms with Crippen molar-refractivity contribution in [2.75, 3.05) is 6.54 Å². The molecule has 0 bridgehead atoms. The summed E-state index contributed by atoms with van der Waals surface area (Å²) >= 11 is 1.54. The summed E-state index contributed by atoms with van der Waals surface area (Å²) in [4.78, 5) is 15.7. The van der Waals surface area contributed by atoms with E-state index in [4.69, 9.17) is 0 Å². The molecule has 1 atom stereocenters. The topological polar surface area (TPSA) is 49.0 Å². The van der Waals surface area contributed by atoms with Gasteiger partial charge in [-0.1, -0.05) is 0 Å². The molecule has 3 rings (SSSR count). The number of carbonyl (C=O) groups excluding carboxylic acids is 1. The number of H-pyrrole nitrogens is 1. The SMILES string of the molecule is Cc1ccsc1C(=O)N1CCCC1c1c(C)n[nH]c1C. The lowest BCUT2D eigenvalue weighted by atomic mass is 10.0. The lowest BCUT2D eigenvalue weighted by molar-refractivity contribution is 0.0739. The Balaban J connectivity index is 1.94. The third kappa shape index (κ3) is 2.06. The second-order valence-corrected chi connectivity index (χ2v) is 6.35. The van der Waals surface area contributed by atoms with Crippen LogP contribution in [0.4, 0.5) is 0 Å². The van der Waals surface area contributed by atoms with E-state index in [-0.39, 0.29) is 11.9 Å². The van der Waals surface area contributed by atoms with Crippen molar-refractivity contribution >= 4 is 17.2 Å². The van der Waals surface area contributed by atoms with Gasteiger partial charge in [0.2, 0.25) is 0 Å². The second-order valence-electron chi connectivity index (χ2n) is 5.44. The fourth-order valence-electron chi connectivity index (χ4n) is 3.08. The zero-order valence-corrected chi connectivity index (χ0v) is 12.9. The van der Waals surface area contributed by atoms with Crippen LogP contribution in [-0.4, -0.2) is 27.5 Å². The normalized spacial score (nSPS) is 18.8. The number of amides is 1. The van der Waals surface area contributed by atoms with Gasteiger partial charge >= 0.3 is 0 Å². The summed E-state index contributed by atoms with van der Waals surface area (Å²) in [7, 11) is 0. The van der Waals surface area contributed by atoms with Crippen LogP contribution in [0.15, 0.2) is 11.4 Å². The second kappa shape index (κ2) is 5.05. The number of nitrogens with one attached hydrogen (secondary N) is 1. The summed E-state index contributed by atoms with van der Waals surface area (Å²) in [6.45, 7) is 6.89. The van der Waals surface area contributed by atoms with Crippen LogP contribution in [0.1, 0.15) is 51.1 Å². The van der Waals surface area contributed by atoms with Gasteiger partial charge < -0.3 is 4.90 Å². The van der Waals surface area contributed by atoms with E-state index in [9.17, 15) is 4.79 Å². The number of thiophene rings is 1. The number of aryl methyl sites for hydroxylation is 3. The van der Waals surface area contributed by atoms with Crippen molar-refractivity contribution in [2.24, 2.45) is 0 Å². The van der Waals surface area contributed by atoms with Crippen molar-refractivity contribution in [1.29, 1.82) is 0 Å². The number of rotatable bonds is 2. The predicted molar refractivity (Wildman–Crippen MR) is 80.1 cm³/mol. The molecule has 106 valence electrons. The molecule has 3 heterocycles. The zero-order valence-electron chi connectivity index (χ0n) is 12.1. The average molecular weight is 289 g/mol. The van der Waals surface area contributed by atoms with Crippen LogP contribution < -0.4 is 0 Å². The monoisotopic (exact) mass is 289 g/mol. The first-order valence-electron chi connectivity index (χ1n) is 6.96. The molecule has 1 aliphatic heterocycles. The van der Waals surface area contributed by atoms with Crippen molar-refractivity contribution in [3.05, 3.63) is 38.8 Å². The molecule has 2 aromatic rings. The Hall–Kier alpha value is -1.62. The molecule has 5 heteroatoms. The minimum Gasteiger partial charge on any atom is -0.331 e. The molecule has 0 aliphatic carbocycles. The molecule has 4 nitrogen and oxygen atoms in total. The minimum absolute atomic E-state index is 0.167. The van der Waals surface area contributed by atoms with Crippen molar-refractivity contribution in [1.82, 2.24) is 15.1 Å². The molecule has 0 saturated carbocycles. The maximum Gasteiger partial charge on any atom is 0.264 e. The summed E-state index contributed by atoms with van der Waals surface area (Å²) in [5.41, 5.74) is 4.36. The van der Waals surface area contributed by atoms with Crippen LogP contribution in [0.2, 0.25) is 0 Å². The van der Waals surface area contributed by atoms with E-state index in [1.54, 1.807) is 0 Å². The molecular weight excluding hydrogens is 270 g/mol. The number of aromatic amines is 1. The number of hydrogen-bond donors (Lipinski definition) is 1. The van der Waals surface area contributed by atoms with Gasteiger partial charge in [-0.05, 0) is 50.6 Å². The highest BCUT2D eigenvalue weighted by Crippen LogP contribution is 2.36. The molecule has 0 radical (unpaired) electrons. The summed E-state index contributed by atoms with van der Waals surface area (Å²) in [5, 5.41) is 9.30. The maximum atomic E-state index is 12.8. The van der Waals surface area contributed by atoms with E-state index in [1.807, 2.05) is 37.1 Å². The van der Waals surface area contributed by atoms with E-state index in [0.717, 1.165) is 41.2 Å². The van der Waals surface area contributed by atoms with Crippen molar-refractivity contribution in [2.45, 2.75) is 39.7 Å². The number of hydrogen-bond acceptors (Lipinski definition) is 3. The number of nitrogens with zero attached hydrogens (tertiary/aromatic N) is 2. The molecule has 1 aliphatic rings. The van der Waals surface area contributed by atoms with Gasteiger partial charge in [0.05, 0.1) is 16.6 Å². The number of likely N-dealkylation sites (tertiary alicyclic amines) is 1. The molecule has 1 N–H and O–H groups in total. The highest BCUT2D eigenvalue weighted by Gasteiger charge is 2.34. The highest BCUT2D eigenvalue weighted by atomic mass is 32.1.